The van der Waals surface area contributed by atoms with Crippen LogP contribution in [0.25, 0.3) is 22.0 Å². The number of carbonyl (C=O) groups excluding carboxylic acids is 2. The lowest BCUT2D eigenvalue weighted by Gasteiger charge is -2.31. The van der Waals surface area contributed by atoms with Crippen LogP contribution in [0.4, 0.5) is 8.78 Å². The van der Waals surface area contributed by atoms with Gasteiger partial charge < -0.3 is 10.2 Å². The topological polar surface area (TPSA) is 62.3 Å². The third-order valence-electron chi connectivity index (χ3n) is 5.86. The highest BCUT2D eigenvalue weighted by molar-refractivity contribution is 6.03. The Bertz CT molecular complexity index is 1180. The van der Waals surface area contributed by atoms with Crippen molar-refractivity contribution in [3.05, 3.63) is 65.4 Å². The first-order valence-electron chi connectivity index (χ1n) is 9.89. The lowest BCUT2D eigenvalue weighted by atomic mass is 9.98. The second kappa shape index (κ2) is 6.86. The average molecular weight is 407 g/mol. The molecular formula is C23H19F2N3O2. The van der Waals surface area contributed by atoms with Crippen LogP contribution < -0.4 is 5.32 Å². The maximum absolute atomic E-state index is 13.4. The summed E-state index contributed by atoms with van der Waals surface area (Å²) in [5, 5.41) is 4.60. The molecule has 0 bridgehead atoms. The van der Waals surface area contributed by atoms with Crippen LogP contribution in [0.2, 0.25) is 0 Å². The molecule has 0 unspecified atom stereocenters. The van der Waals surface area contributed by atoms with Crippen LogP contribution in [-0.2, 0) is 6.54 Å². The lowest BCUT2D eigenvalue weighted by Crippen LogP contribution is -2.42. The number of carbonyl (C=O) groups is 2. The number of piperidine rings is 1. The molecule has 0 saturated carbocycles. The summed E-state index contributed by atoms with van der Waals surface area (Å²) in [6, 6.07) is 13.1. The third kappa shape index (κ3) is 3.20. The van der Waals surface area contributed by atoms with E-state index in [1.54, 1.807) is 18.3 Å². The molecule has 2 aliphatic heterocycles. The highest BCUT2D eigenvalue weighted by atomic mass is 19.3. The highest BCUT2D eigenvalue weighted by Crippen LogP contribution is 2.31. The molecule has 2 aromatic carbocycles. The number of fused-ring (bicyclic) bond motifs is 2. The molecule has 1 N–H and O–H groups in total. The summed E-state index contributed by atoms with van der Waals surface area (Å²) in [6.07, 6.45) is 1.01. The van der Waals surface area contributed by atoms with Gasteiger partial charge in [0, 0.05) is 49.8 Å². The van der Waals surface area contributed by atoms with Crippen LogP contribution in [0.15, 0.2) is 48.7 Å². The summed E-state index contributed by atoms with van der Waals surface area (Å²) < 4.78 is 26.8. The number of amides is 2. The van der Waals surface area contributed by atoms with Gasteiger partial charge in [-0.3, -0.25) is 14.6 Å². The fraction of sp³-hybridized carbons (Fsp3) is 0.261. The number of benzene rings is 2. The molecule has 0 aliphatic carbocycles. The van der Waals surface area contributed by atoms with E-state index in [1.807, 2.05) is 30.3 Å². The number of likely N-dealkylation sites (tertiary alicyclic amines) is 1. The fourth-order valence-corrected chi connectivity index (χ4v) is 4.13. The summed E-state index contributed by atoms with van der Waals surface area (Å²) in [5.41, 5.74) is 3.66. The molecule has 2 amide bonds. The Hall–Kier alpha value is -3.35. The average Bonchev–Trinajstić information content (AvgIpc) is 3.12. The van der Waals surface area contributed by atoms with Crippen LogP contribution in [-0.4, -0.2) is 40.7 Å². The Morgan fingerprint density at radius 2 is 1.87 bits per heavy atom. The normalized spacial score (nSPS) is 17.7. The van der Waals surface area contributed by atoms with E-state index in [0.29, 0.717) is 17.7 Å². The van der Waals surface area contributed by atoms with Gasteiger partial charge in [0.25, 0.3) is 17.7 Å². The van der Waals surface area contributed by atoms with Crippen molar-refractivity contribution in [2.45, 2.75) is 25.3 Å². The second-order valence-electron chi connectivity index (χ2n) is 7.80. The number of rotatable bonds is 2. The van der Waals surface area contributed by atoms with Gasteiger partial charge in [0.1, 0.15) is 0 Å². The Kier molecular flexibility index (Phi) is 4.27. The molecule has 5 nitrogen and oxygen atoms in total. The van der Waals surface area contributed by atoms with Gasteiger partial charge in [0.2, 0.25) is 0 Å². The van der Waals surface area contributed by atoms with Crippen molar-refractivity contribution in [2.24, 2.45) is 0 Å². The number of aromatic nitrogens is 1. The maximum atomic E-state index is 13.4. The summed E-state index contributed by atoms with van der Waals surface area (Å²) >= 11 is 0. The zero-order valence-electron chi connectivity index (χ0n) is 16.1. The number of hydrogen-bond acceptors (Lipinski definition) is 3. The van der Waals surface area contributed by atoms with Crippen molar-refractivity contribution < 1.29 is 18.4 Å². The summed E-state index contributed by atoms with van der Waals surface area (Å²) in [7, 11) is 0. The van der Waals surface area contributed by atoms with E-state index in [2.05, 4.69) is 10.3 Å². The molecule has 3 heterocycles. The minimum atomic E-state index is -2.68. The number of nitrogens with one attached hydrogen (secondary N) is 1. The van der Waals surface area contributed by atoms with Crippen LogP contribution in [0.1, 0.15) is 39.1 Å². The quantitative estimate of drug-likeness (QED) is 0.698. The van der Waals surface area contributed by atoms with Crippen LogP contribution >= 0.6 is 0 Å². The number of alkyl halides is 2. The SMILES string of the molecule is O=C1NCc2cc(-c3cccc4cc(C(=O)N5CCC(F)(F)CC5)ccc34)ncc21. The van der Waals surface area contributed by atoms with Crippen molar-refractivity contribution >= 4 is 22.6 Å². The van der Waals surface area contributed by atoms with Crippen LogP contribution in [0.5, 0.6) is 0 Å². The molecule has 7 heteroatoms. The molecule has 1 fully saturated rings. The molecule has 1 saturated heterocycles. The number of pyridine rings is 1. The van der Waals surface area contributed by atoms with Gasteiger partial charge in [-0.15, -0.1) is 0 Å². The Balaban J connectivity index is 1.47. The van der Waals surface area contributed by atoms with Crippen molar-refractivity contribution in [1.29, 1.82) is 0 Å². The van der Waals surface area contributed by atoms with Gasteiger partial charge in [-0.05, 0) is 34.5 Å². The Morgan fingerprint density at radius 1 is 1.07 bits per heavy atom. The van der Waals surface area contributed by atoms with Gasteiger partial charge >= 0.3 is 0 Å². The maximum Gasteiger partial charge on any atom is 0.253 e. The number of halogens is 2. The standard InChI is InChI=1S/C23H19F2N3O2/c24-23(25)6-8-28(9-7-23)22(30)15-4-5-17-14(10-15)2-1-3-18(17)20-11-16-12-27-21(29)19(16)13-26-20/h1-5,10-11,13H,6-9,12H2,(H,27,29). The van der Waals surface area contributed by atoms with Gasteiger partial charge in [-0.25, -0.2) is 8.78 Å². The van der Waals surface area contributed by atoms with Crippen LogP contribution in [0.3, 0.4) is 0 Å². The number of hydrogen-bond donors (Lipinski definition) is 1. The second-order valence-corrected chi connectivity index (χ2v) is 7.80. The van der Waals surface area contributed by atoms with Crippen molar-refractivity contribution in [3.8, 4) is 11.3 Å². The molecule has 30 heavy (non-hydrogen) atoms. The van der Waals surface area contributed by atoms with Gasteiger partial charge in [-0.1, -0.05) is 24.3 Å². The van der Waals surface area contributed by atoms with E-state index in [1.165, 1.54) is 4.90 Å². The van der Waals surface area contributed by atoms with Gasteiger partial charge in [-0.2, -0.15) is 0 Å². The van der Waals surface area contributed by atoms with Gasteiger partial charge in [0.15, 0.2) is 0 Å². The molecule has 0 atom stereocenters. The molecule has 3 aromatic rings. The minimum absolute atomic E-state index is 0.0652. The third-order valence-corrected chi connectivity index (χ3v) is 5.86. The molecule has 5 rings (SSSR count). The van der Waals surface area contributed by atoms with E-state index >= 15 is 0 Å². The Morgan fingerprint density at radius 3 is 2.67 bits per heavy atom. The zero-order chi connectivity index (χ0) is 20.9. The largest absolute Gasteiger partial charge is 0.348 e. The lowest BCUT2D eigenvalue weighted by molar-refractivity contribution is -0.0494. The predicted octanol–water partition coefficient (Wildman–Crippen LogP) is 4.02. The first kappa shape index (κ1) is 18.7. The van der Waals surface area contributed by atoms with Crippen molar-refractivity contribution in [2.75, 3.05) is 13.1 Å². The summed E-state index contributed by atoms with van der Waals surface area (Å²) in [4.78, 5) is 30.5. The highest BCUT2D eigenvalue weighted by Gasteiger charge is 2.35. The van der Waals surface area contributed by atoms with Crippen LogP contribution in [0, 0.1) is 0 Å². The van der Waals surface area contributed by atoms with Crippen molar-refractivity contribution in [1.82, 2.24) is 15.2 Å². The summed E-state index contributed by atoms with van der Waals surface area (Å²) in [5.74, 6) is -3.02. The summed E-state index contributed by atoms with van der Waals surface area (Å²) in [6.45, 7) is 0.618. The van der Waals surface area contributed by atoms with Gasteiger partial charge in [0.05, 0.1) is 11.3 Å². The first-order valence-corrected chi connectivity index (χ1v) is 9.89. The first-order chi connectivity index (χ1) is 14.4. The smallest absolute Gasteiger partial charge is 0.253 e. The fourth-order valence-electron chi connectivity index (χ4n) is 4.13. The van der Waals surface area contributed by atoms with E-state index < -0.39 is 5.92 Å². The predicted molar refractivity (Wildman–Crippen MR) is 108 cm³/mol. The molecule has 152 valence electrons. The van der Waals surface area contributed by atoms with E-state index in [-0.39, 0.29) is 37.7 Å². The Labute approximate surface area is 171 Å². The van der Waals surface area contributed by atoms with E-state index in [4.69, 9.17) is 0 Å². The molecule has 1 aromatic heterocycles. The minimum Gasteiger partial charge on any atom is -0.348 e. The molecule has 0 spiro atoms. The molecule has 2 aliphatic rings. The monoisotopic (exact) mass is 407 g/mol. The molecule has 0 radical (unpaired) electrons. The van der Waals surface area contributed by atoms with Crippen molar-refractivity contribution in [3.63, 3.8) is 0 Å². The number of nitrogens with zero attached hydrogens (tertiary/aromatic N) is 2. The van der Waals surface area contributed by atoms with E-state index in [0.717, 1.165) is 27.6 Å². The van der Waals surface area contributed by atoms with E-state index in [9.17, 15) is 18.4 Å². The molecular weight excluding hydrogens is 388 g/mol. The zero-order valence-corrected chi connectivity index (χ0v) is 16.1.